The van der Waals surface area contributed by atoms with Gasteiger partial charge in [-0.05, 0) is 36.4 Å². The second kappa shape index (κ2) is 6.09. The number of benzene rings is 1. The lowest BCUT2D eigenvalue weighted by Crippen LogP contribution is -2.25. The number of hydrogen-bond donors (Lipinski definition) is 2. The van der Waals surface area contributed by atoms with Crippen molar-refractivity contribution in [1.29, 1.82) is 0 Å². The average molecular weight is 280 g/mol. The highest BCUT2D eigenvalue weighted by Gasteiger charge is 2.05. The molecular formula is C16H16N4O. The number of nitrogens with one attached hydrogen (secondary N) is 2. The molecule has 2 aromatic heterocycles. The number of hydrogen-bond acceptors (Lipinski definition) is 2. The largest absolute Gasteiger partial charge is 0.352 e. The predicted octanol–water partition coefficient (Wildman–Crippen LogP) is 2.17. The molecule has 5 heteroatoms. The van der Waals surface area contributed by atoms with E-state index in [1.807, 2.05) is 53.4 Å². The molecular weight excluding hydrogens is 264 g/mol. The Kier molecular flexibility index (Phi) is 3.82. The molecule has 3 rings (SSSR count). The standard InChI is InChI=1S/C16H16N4O/c21-16(18-8-7-14-11-17-12-19-14)13-3-5-15(6-4-13)20-9-1-2-10-20/h1-6,9-12H,7-8H2,(H,17,19)(H,18,21). The number of aromatic nitrogens is 3. The Morgan fingerprint density at radius 2 is 1.95 bits per heavy atom. The molecule has 0 radical (unpaired) electrons. The zero-order valence-corrected chi connectivity index (χ0v) is 11.5. The van der Waals surface area contributed by atoms with Gasteiger partial charge in [0.05, 0.1) is 6.33 Å². The summed E-state index contributed by atoms with van der Waals surface area (Å²) in [6.07, 6.45) is 8.08. The molecule has 0 saturated carbocycles. The molecule has 0 aliphatic carbocycles. The summed E-state index contributed by atoms with van der Waals surface area (Å²) < 4.78 is 2.00. The minimum absolute atomic E-state index is 0.0615. The molecule has 0 spiro atoms. The molecule has 2 N–H and O–H groups in total. The minimum atomic E-state index is -0.0615. The van der Waals surface area contributed by atoms with E-state index >= 15 is 0 Å². The van der Waals surface area contributed by atoms with Crippen LogP contribution in [0.25, 0.3) is 5.69 Å². The Bertz CT molecular complexity index is 684. The van der Waals surface area contributed by atoms with Crippen molar-refractivity contribution >= 4 is 5.91 Å². The van der Waals surface area contributed by atoms with Crippen LogP contribution in [0.4, 0.5) is 0 Å². The second-order valence-electron chi connectivity index (χ2n) is 4.72. The monoisotopic (exact) mass is 280 g/mol. The number of rotatable bonds is 5. The number of carbonyl (C=O) groups excluding carboxylic acids is 1. The van der Waals surface area contributed by atoms with Crippen LogP contribution in [-0.4, -0.2) is 27.0 Å². The van der Waals surface area contributed by atoms with Crippen LogP contribution in [0.3, 0.4) is 0 Å². The first kappa shape index (κ1) is 13.2. The zero-order valence-electron chi connectivity index (χ0n) is 11.5. The molecule has 0 saturated heterocycles. The lowest BCUT2D eigenvalue weighted by molar-refractivity contribution is 0.0954. The third-order valence-electron chi connectivity index (χ3n) is 3.27. The van der Waals surface area contributed by atoms with E-state index in [9.17, 15) is 4.79 Å². The van der Waals surface area contributed by atoms with Gasteiger partial charge >= 0.3 is 0 Å². The van der Waals surface area contributed by atoms with Gasteiger partial charge in [-0.15, -0.1) is 0 Å². The van der Waals surface area contributed by atoms with Crippen molar-refractivity contribution in [3.8, 4) is 5.69 Å². The quantitative estimate of drug-likeness (QED) is 0.752. The molecule has 0 atom stereocenters. The predicted molar refractivity (Wildman–Crippen MR) is 80.4 cm³/mol. The van der Waals surface area contributed by atoms with Crippen LogP contribution >= 0.6 is 0 Å². The van der Waals surface area contributed by atoms with Crippen LogP contribution in [0.15, 0.2) is 61.3 Å². The summed E-state index contributed by atoms with van der Waals surface area (Å²) in [5.74, 6) is -0.0615. The highest BCUT2D eigenvalue weighted by Crippen LogP contribution is 2.10. The van der Waals surface area contributed by atoms with Crippen LogP contribution in [0, 0.1) is 0 Å². The van der Waals surface area contributed by atoms with Crippen LogP contribution < -0.4 is 5.32 Å². The Morgan fingerprint density at radius 1 is 1.19 bits per heavy atom. The lowest BCUT2D eigenvalue weighted by Gasteiger charge is -2.06. The van der Waals surface area contributed by atoms with Crippen molar-refractivity contribution < 1.29 is 4.79 Å². The Hall–Kier alpha value is -2.82. The second-order valence-corrected chi connectivity index (χ2v) is 4.72. The van der Waals surface area contributed by atoms with E-state index < -0.39 is 0 Å². The van der Waals surface area contributed by atoms with E-state index in [0.29, 0.717) is 12.1 Å². The summed E-state index contributed by atoms with van der Waals surface area (Å²) in [7, 11) is 0. The van der Waals surface area contributed by atoms with Crippen LogP contribution in [0.2, 0.25) is 0 Å². The van der Waals surface area contributed by atoms with Gasteiger partial charge in [-0.3, -0.25) is 4.79 Å². The zero-order chi connectivity index (χ0) is 14.5. The molecule has 3 aromatic rings. The van der Waals surface area contributed by atoms with E-state index in [1.54, 1.807) is 12.5 Å². The third kappa shape index (κ3) is 3.20. The fraction of sp³-hybridized carbons (Fsp3) is 0.125. The third-order valence-corrected chi connectivity index (χ3v) is 3.27. The van der Waals surface area contributed by atoms with Crippen molar-refractivity contribution in [2.45, 2.75) is 6.42 Å². The molecule has 0 aliphatic rings. The molecule has 0 bridgehead atoms. The van der Waals surface area contributed by atoms with Gasteiger partial charge in [0.2, 0.25) is 0 Å². The topological polar surface area (TPSA) is 62.7 Å². The normalized spacial score (nSPS) is 10.5. The number of H-pyrrole nitrogens is 1. The molecule has 2 heterocycles. The number of amides is 1. The van der Waals surface area contributed by atoms with E-state index in [0.717, 1.165) is 17.8 Å². The summed E-state index contributed by atoms with van der Waals surface area (Å²) in [6, 6.07) is 11.5. The van der Waals surface area contributed by atoms with Gasteiger partial charge in [-0.1, -0.05) is 0 Å². The lowest BCUT2D eigenvalue weighted by atomic mass is 10.2. The molecule has 0 fully saturated rings. The smallest absolute Gasteiger partial charge is 0.251 e. The first-order valence-electron chi connectivity index (χ1n) is 6.82. The Labute approximate surface area is 122 Å². The summed E-state index contributed by atoms with van der Waals surface area (Å²) in [5, 5.41) is 2.90. The van der Waals surface area contributed by atoms with Crippen LogP contribution in [0.5, 0.6) is 0 Å². The van der Waals surface area contributed by atoms with Crippen molar-refractivity contribution in [3.05, 3.63) is 72.6 Å². The fourth-order valence-electron chi connectivity index (χ4n) is 2.13. The van der Waals surface area contributed by atoms with E-state index in [-0.39, 0.29) is 5.91 Å². The summed E-state index contributed by atoms with van der Waals surface area (Å²) in [6.45, 7) is 0.584. The highest BCUT2D eigenvalue weighted by molar-refractivity contribution is 5.94. The minimum Gasteiger partial charge on any atom is -0.352 e. The Balaban J connectivity index is 1.57. The van der Waals surface area contributed by atoms with Crippen LogP contribution in [0.1, 0.15) is 16.1 Å². The SMILES string of the molecule is O=C(NCCc1cnc[nH]1)c1ccc(-n2cccc2)cc1. The molecule has 106 valence electrons. The van der Waals surface area contributed by atoms with E-state index in [2.05, 4.69) is 15.3 Å². The van der Waals surface area contributed by atoms with Gasteiger partial charge in [-0.25, -0.2) is 4.98 Å². The van der Waals surface area contributed by atoms with Crippen LogP contribution in [-0.2, 0) is 6.42 Å². The molecule has 0 unspecified atom stereocenters. The molecule has 0 aliphatic heterocycles. The highest BCUT2D eigenvalue weighted by atomic mass is 16.1. The Morgan fingerprint density at radius 3 is 2.62 bits per heavy atom. The van der Waals surface area contributed by atoms with Gasteiger partial charge < -0.3 is 14.9 Å². The van der Waals surface area contributed by atoms with Crippen molar-refractivity contribution in [2.24, 2.45) is 0 Å². The molecule has 5 nitrogen and oxygen atoms in total. The molecule has 1 amide bonds. The number of carbonyl (C=O) groups is 1. The van der Waals surface area contributed by atoms with Gasteiger partial charge in [0, 0.05) is 48.5 Å². The van der Waals surface area contributed by atoms with Gasteiger partial charge in [0.25, 0.3) is 5.91 Å². The maximum atomic E-state index is 12.0. The van der Waals surface area contributed by atoms with Crippen molar-refractivity contribution in [1.82, 2.24) is 19.9 Å². The summed E-state index contributed by atoms with van der Waals surface area (Å²) >= 11 is 0. The first-order valence-corrected chi connectivity index (χ1v) is 6.82. The first-order chi connectivity index (χ1) is 10.3. The van der Waals surface area contributed by atoms with Gasteiger partial charge in [0.15, 0.2) is 0 Å². The van der Waals surface area contributed by atoms with Gasteiger partial charge in [0.1, 0.15) is 0 Å². The maximum Gasteiger partial charge on any atom is 0.251 e. The maximum absolute atomic E-state index is 12.0. The number of aromatic amines is 1. The molecule has 21 heavy (non-hydrogen) atoms. The fourth-order valence-corrected chi connectivity index (χ4v) is 2.13. The molecule has 1 aromatic carbocycles. The van der Waals surface area contributed by atoms with Gasteiger partial charge in [-0.2, -0.15) is 0 Å². The number of imidazole rings is 1. The number of nitrogens with zero attached hydrogens (tertiary/aromatic N) is 2. The summed E-state index contributed by atoms with van der Waals surface area (Å²) in [4.78, 5) is 19.0. The van der Waals surface area contributed by atoms with E-state index in [4.69, 9.17) is 0 Å². The van der Waals surface area contributed by atoms with Crippen molar-refractivity contribution in [3.63, 3.8) is 0 Å². The summed E-state index contributed by atoms with van der Waals surface area (Å²) in [5.41, 5.74) is 2.71. The average Bonchev–Trinajstić information content (AvgIpc) is 3.21. The van der Waals surface area contributed by atoms with E-state index in [1.165, 1.54) is 0 Å². The van der Waals surface area contributed by atoms with Crippen molar-refractivity contribution in [2.75, 3.05) is 6.54 Å².